The number of carbonyl (C=O) groups is 2. The number of amides is 1. The molecule has 17 heavy (non-hydrogen) atoms. The third kappa shape index (κ3) is 1.54. The van der Waals surface area contributed by atoms with E-state index in [1.165, 1.54) is 6.42 Å². The minimum absolute atomic E-state index is 0.0118. The first kappa shape index (κ1) is 11.5. The lowest BCUT2D eigenvalue weighted by Crippen LogP contribution is -2.37. The van der Waals surface area contributed by atoms with Crippen molar-refractivity contribution in [2.75, 3.05) is 12.4 Å². The molecule has 3 rings (SSSR count). The molecule has 2 N–H and O–H groups in total. The van der Waals surface area contributed by atoms with Crippen LogP contribution in [-0.4, -0.2) is 36.2 Å². The number of nitrogens with one attached hydrogen (secondary N) is 2. The molecule has 4 nitrogen and oxygen atoms in total. The second-order valence-corrected chi connectivity index (χ2v) is 5.78. The van der Waals surface area contributed by atoms with Gasteiger partial charge in [-0.2, -0.15) is 0 Å². The number of carbonyl (C=O) groups excluding carboxylic acids is 2. The van der Waals surface area contributed by atoms with Crippen molar-refractivity contribution in [3.63, 3.8) is 0 Å². The zero-order valence-corrected chi connectivity index (χ0v) is 10.4. The molecular formula is C12H17ClN2O2. The van der Waals surface area contributed by atoms with E-state index in [1.807, 2.05) is 0 Å². The molecule has 3 aliphatic rings. The molecule has 0 aromatic heterocycles. The lowest BCUT2D eigenvalue weighted by atomic mass is 9.73. The highest BCUT2D eigenvalue weighted by molar-refractivity contribution is 6.28. The Hall–Kier alpha value is -0.610. The normalized spacial score (nSPS) is 44.1. The van der Waals surface area contributed by atoms with E-state index in [9.17, 15) is 9.59 Å². The summed E-state index contributed by atoms with van der Waals surface area (Å²) >= 11 is 5.58. The van der Waals surface area contributed by atoms with Gasteiger partial charge in [-0.1, -0.05) is 6.42 Å². The predicted molar refractivity (Wildman–Crippen MR) is 63.8 cm³/mol. The fourth-order valence-corrected chi connectivity index (χ4v) is 4.05. The number of halogens is 1. The van der Waals surface area contributed by atoms with E-state index < -0.39 is 0 Å². The van der Waals surface area contributed by atoms with Gasteiger partial charge in [0.05, 0.1) is 17.3 Å². The van der Waals surface area contributed by atoms with Gasteiger partial charge in [-0.3, -0.25) is 9.59 Å². The Bertz CT molecular complexity index is 374. The van der Waals surface area contributed by atoms with Crippen LogP contribution in [0.3, 0.4) is 0 Å². The van der Waals surface area contributed by atoms with Crippen molar-refractivity contribution in [2.24, 2.45) is 11.3 Å². The van der Waals surface area contributed by atoms with Gasteiger partial charge >= 0.3 is 0 Å². The second kappa shape index (κ2) is 3.95. The summed E-state index contributed by atoms with van der Waals surface area (Å²) in [5.74, 6) is 0.599. The Kier molecular flexibility index (Phi) is 2.67. The van der Waals surface area contributed by atoms with Crippen LogP contribution in [0.25, 0.3) is 0 Å². The summed E-state index contributed by atoms with van der Waals surface area (Å²) in [6.45, 7) is 0.632. The van der Waals surface area contributed by atoms with Crippen LogP contribution in [0.5, 0.6) is 0 Å². The molecule has 0 bridgehead atoms. The first-order valence-corrected chi connectivity index (χ1v) is 6.84. The summed E-state index contributed by atoms with van der Waals surface area (Å²) in [5, 5.41) is 6.29. The van der Waals surface area contributed by atoms with Gasteiger partial charge < -0.3 is 10.6 Å². The summed E-state index contributed by atoms with van der Waals surface area (Å²) in [6.07, 6.45) is 4.01. The average molecular weight is 257 g/mol. The van der Waals surface area contributed by atoms with Gasteiger partial charge in [-0.05, 0) is 25.2 Å². The van der Waals surface area contributed by atoms with Crippen LogP contribution in [0.4, 0.5) is 0 Å². The van der Waals surface area contributed by atoms with E-state index in [1.54, 1.807) is 0 Å². The fraction of sp³-hybridized carbons (Fsp3) is 0.833. The molecule has 2 heterocycles. The predicted octanol–water partition coefficient (Wildman–Crippen LogP) is 0.441. The van der Waals surface area contributed by atoms with Gasteiger partial charge in [0, 0.05) is 12.6 Å². The Morgan fingerprint density at radius 3 is 3.06 bits per heavy atom. The van der Waals surface area contributed by atoms with Crippen LogP contribution in [0.1, 0.15) is 25.7 Å². The third-order valence-electron chi connectivity index (χ3n) is 4.75. The van der Waals surface area contributed by atoms with Crippen molar-refractivity contribution in [1.82, 2.24) is 10.6 Å². The van der Waals surface area contributed by atoms with Gasteiger partial charge in [0.1, 0.15) is 0 Å². The van der Waals surface area contributed by atoms with E-state index >= 15 is 0 Å². The van der Waals surface area contributed by atoms with Gasteiger partial charge in [-0.15, -0.1) is 11.6 Å². The van der Waals surface area contributed by atoms with Gasteiger partial charge in [-0.25, -0.2) is 0 Å². The van der Waals surface area contributed by atoms with Crippen LogP contribution in [0.15, 0.2) is 0 Å². The highest BCUT2D eigenvalue weighted by atomic mass is 35.5. The molecule has 0 aromatic carbocycles. The lowest BCUT2D eigenvalue weighted by Gasteiger charge is -2.26. The van der Waals surface area contributed by atoms with Gasteiger partial charge in [0.15, 0.2) is 5.78 Å². The van der Waals surface area contributed by atoms with E-state index in [0.29, 0.717) is 24.9 Å². The van der Waals surface area contributed by atoms with Crippen molar-refractivity contribution >= 4 is 23.3 Å². The largest absolute Gasteiger partial charge is 0.353 e. The number of hydrogen-bond donors (Lipinski definition) is 2. The van der Waals surface area contributed by atoms with Crippen molar-refractivity contribution < 1.29 is 9.59 Å². The minimum Gasteiger partial charge on any atom is -0.353 e. The maximum absolute atomic E-state index is 12.2. The maximum atomic E-state index is 12.2. The highest BCUT2D eigenvalue weighted by Gasteiger charge is 2.59. The summed E-state index contributed by atoms with van der Waals surface area (Å²) in [7, 11) is 0. The zero-order chi connectivity index (χ0) is 12.0. The molecule has 5 heteroatoms. The van der Waals surface area contributed by atoms with Crippen molar-refractivity contribution in [1.29, 1.82) is 0 Å². The maximum Gasteiger partial charge on any atom is 0.228 e. The monoisotopic (exact) mass is 256 g/mol. The molecule has 4 unspecified atom stereocenters. The zero-order valence-electron chi connectivity index (χ0n) is 9.67. The number of rotatable bonds is 2. The SMILES string of the molecule is O=C(CCl)C1CC2(CN1)C(=O)NC1CCCC12. The van der Waals surface area contributed by atoms with Crippen LogP contribution in [-0.2, 0) is 9.59 Å². The molecule has 1 amide bonds. The number of fused-ring (bicyclic) bond motifs is 2. The Labute approximate surface area is 105 Å². The highest BCUT2D eigenvalue weighted by Crippen LogP contribution is 2.49. The minimum atomic E-state index is -0.340. The molecule has 4 atom stereocenters. The topological polar surface area (TPSA) is 58.2 Å². The van der Waals surface area contributed by atoms with Crippen molar-refractivity contribution in [2.45, 2.75) is 37.8 Å². The summed E-state index contributed by atoms with van der Waals surface area (Å²) in [6, 6.07) is 0.117. The molecular weight excluding hydrogens is 240 g/mol. The van der Waals surface area contributed by atoms with Crippen LogP contribution in [0.2, 0.25) is 0 Å². The number of ketones is 1. The number of hydrogen-bond acceptors (Lipinski definition) is 3. The standard InChI is InChI=1S/C12H17ClN2O2/c13-5-10(16)9-4-12(6-14-9)7-2-1-3-8(7)15-11(12)17/h7-9,14H,1-6H2,(H,15,17). The summed E-state index contributed by atoms with van der Waals surface area (Å²) in [4.78, 5) is 23.8. The molecule has 0 aromatic rings. The Balaban J connectivity index is 1.83. The second-order valence-electron chi connectivity index (χ2n) is 5.51. The summed E-state index contributed by atoms with van der Waals surface area (Å²) < 4.78 is 0. The van der Waals surface area contributed by atoms with Crippen LogP contribution in [0, 0.1) is 11.3 Å². The Morgan fingerprint density at radius 1 is 1.47 bits per heavy atom. The third-order valence-corrected chi connectivity index (χ3v) is 5.01. The first-order valence-electron chi connectivity index (χ1n) is 6.30. The fourth-order valence-electron chi connectivity index (χ4n) is 3.86. The average Bonchev–Trinajstić information content (AvgIpc) is 2.98. The summed E-state index contributed by atoms with van der Waals surface area (Å²) in [5.41, 5.74) is -0.340. The molecule has 1 saturated carbocycles. The number of Topliss-reactive ketones (excluding diaryl/α,β-unsaturated/α-hetero) is 1. The van der Waals surface area contributed by atoms with Crippen LogP contribution < -0.4 is 10.6 Å². The van der Waals surface area contributed by atoms with Gasteiger partial charge in [0.2, 0.25) is 5.91 Å². The molecule has 1 spiro atoms. The molecule has 3 fully saturated rings. The number of alkyl halides is 1. The van der Waals surface area contributed by atoms with E-state index in [-0.39, 0.29) is 29.0 Å². The molecule has 1 aliphatic carbocycles. The molecule has 0 radical (unpaired) electrons. The molecule has 2 saturated heterocycles. The van der Waals surface area contributed by atoms with E-state index in [4.69, 9.17) is 11.6 Å². The van der Waals surface area contributed by atoms with Crippen LogP contribution >= 0.6 is 11.6 Å². The quantitative estimate of drug-likeness (QED) is 0.705. The molecule has 2 aliphatic heterocycles. The Morgan fingerprint density at radius 2 is 2.29 bits per heavy atom. The van der Waals surface area contributed by atoms with Crippen molar-refractivity contribution in [3.05, 3.63) is 0 Å². The first-order chi connectivity index (χ1) is 8.17. The van der Waals surface area contributed by atoms with Crippen molar-refractivity contribution in [3.8, 4) is 0 Å². The molecule has 94 valence electrons. The van der Waals surface area contributed by atoms with E-state index in [0.717, 1.165) is 12.8 Å². The van der Waals surface area contributed by atoms with E-state index in [2.05, 4.69) is 10.6 Å². The lowest BCUT2D eigenvalue weighted by molar-refractivity contribution is -0.128. The van der Waals surface area contributed by atoms with Gasteiger partial charge in [0.25, 0.3) is 0 Å². The smallest absolute Gasteiger partial charge is 0.228 e.